The van der Waals surface area contributed by atoms with Crippen LogP contribution < -0.4 is 0 Å². The molecule has 2 bridgehead atoms. The van der Waals surface area contributed by atoms with E-state index in [0.717, 1.165) is 43.2 Å². The molecule has 160 valence electrons. The number of rotatable bonds is 5. The Kier molecular flexibility index (Phi) is 6.28. The van der Waals surface area contributed by atoms with Gasteiger partial charge in [-0.3, -0.25) is 0 Å². The van der Waals surface area contributed by atoms with Gasteiger partial charge in [0.15, 0.2) is 11.9 Å². The quantitative estimate of drug-likeness (QED) is 0.348. The normalized spacial score (nSPS) is 47.3. The fourth-order valence-corrected chi connectivity index (χ4v) is 6.93. The monoisotopic (exact) mass is 432 g/mol. The average Bonchev–Trinajstić information content (AvgIpc) is 2.91. The maximum atomic E-state index is 11.2. The summed E-state index contributed by atoms with van der Waals surface area (Å²) in [6.45, 7) is 7.02. The first-order valence-electron chi connectivity index (χ1n) is 10.4. The lowest BCUT2D eigenvalue weighted by molar-refractivity contribution is -0.568. The summed E-state index contributed by atoms with van der Waals surface area (Å²) in [6, 6.07) is 0. The van der Waals surface area contributed by atoms with Gasteiger partial charge in [0.05, 0.1) is 6.61 Å². The van der Waals surface area contributed by atoms with Gasteiger partial charge in [-0.25, -0.2) is 14.6 Å². The van der Waals surface area contributed by atoms with Crippen LogP contribution in [0.25, 0.3) is 0 Å². The minimum absolute atomic E-state index is 0.0532. The number of thioether (sulfide) groups is 2. The van der Waals surface area contributed by atoms with Gasteiger partial charge in [0.2, 0.25) is 5.79 Å². The lowest BCUT2D eigenvalue weighted by Gasteiger charge is -2.60. The molecule has 0 radical (unpaired) electrons. The number of carbonyl (C=O) groups is 1. The Morgan fingerprint density at radius 1 is 1.18 bits per heavy atom. The van der Waals surface area contributed by atoms with E-state index in [1.54, 1.807) is 18.0 Å². The van der Waals surface area contributed by atoms with Crippen LogP contribution in [0.15, 0.2) is 0 Å². The van der Waals surface area contributed by atoms with E-state index in [9.17, 15) is 4.79 Å². The minimum atomic E-state index is -0.723. The van der Waals surface area contributed by atoms with E-state index in [4.69, 9.17) is 24.0 Å². The van der Waals surface area contributed by atoms with Crippen molar-refractivity contribution < 1.29 is 28.8 Å². The van der Waals surface area contributed by atoms with Gasteiger partial charge < -0.3 is 14.2 Å². The summed E-state index contributed by atoms with van der Waals surface area (Å²) < 4.78 is 18.1. The molecule has 1 saturated carbocycles. The molecular weight excluding hydrogens is 400 g/mol. The molecule has 4 saturated heterocycles. The fraction of sp³-hybridized carbons (Fsp3) is 0.950. The fourth-order valence-electron chi connectivity index (χ4n) is 5.54. The lowest BCUT2D eigenvalue weighted by Crippen LogP contribution is -2.70. The highest BCUT2D eigenvalue weighted by molar-refractivity contribution is 8.12. The number of ether oxygens (including phenoxy) is 3. The van der Waals surface area contributed by atoms with Crippen molar-refractivity contribution in [3.8, 4) is 0 Å². The summed E-state index contributed by atoms with van der Waals surface area (Å²) in [5.74, 6) is 1.86. The zero-order valence-corrected chi connectivity index (χ0v) is 18.8. The predicted octanol–water partition coefficient (Wildman–Crippen LogP) is 4.82. The van der Waals surface area contributed by atoms with Crippen LogP contribution in [0.3, 0.4) is 0 Å². The Morgan fingerprint density at radius 3 is 2.79 bits per heavy atom. The largest absolute Gasteiger partial charge is 0.458 e. The zero-order chi connectivity index (χ0) is 19.9. The molecule has 4 heterocycles. The minimum Gasteiger partial charge on any atom is -0.458 e. The third kappa shape index (κ3) is 3.62. The van der Waals surface area contributed by atoms with Crippen LogP contribution in [0, 0.1) is 23.7 Å². The molecule has 0 aromatic rings. The zero-order valence-electron chi connectivity index (χ0n) is 17.2. The van der Waals surface area contributed by atoms with Crippen LogP contribution in [-0.4, -0.2) is 47.0 Å². The summed E-state index contributed by atoms with van der Waals surface area (Å²) in [6.07, 6.45) is 6.40. The van der Waals surface area contributed by atoms with E-state index in [0.29, 0.717) is 30.3 Å². The Hall–Kier alpha value is 0.01000. The summed E-state index contributed by atoms with van der Waals surface area (Å²) in [5, 5.41) is -0.218. The molecule has 1 aliphatic carbocycles. The van der Waals surface area contributed by atoms with Crippen molar-refractivity contribution in [1.29, 1.82) is 0 Å². The number of hydrogen-bond acceptors (Lipinski definition) is 8. The van der Waals surface area contributed by atoms with Crippen LogP contribution >= 0.6 is 23.5 Å². The van der Waals surface area contributed by atoms with E-state index in [-0.39, 0.29) is 17.0 Å². The molecule has 5 fully saturated rings. The first-order valence-corrected chi connectivity index (χ1v) is 12.7. The summed E-state index contributed by atoms with van der Waals surface area (Å²) in [5.41, 5.74) is -0.435. The topological polar surface area (TPSA) is 63.2 Å². The van der Waals surface area contributed by atoms with E-state index < -0.39 is 11.4 Å². The van der Waals surface area contributed by atoms with Crippen LogP contribution in [0.5, 0.6) is 0 Å². The molecule has 6 nitrogen and oxygen atoms in total. The molecule has 1 unspecified atom stereocenters. The average molecular weight is 433 g/mol. The van der Waals surface area contributed by atoms with Gasteiger partial charge in [-0.15, -0.1) is 11.8 Å². The Balaban J connectivity index is 1.45. The van der Waals surface area contributed by atoms with Crippen molar-refractivity contribution in [2.75, 3.05) is 18.6 Å². The van der Waals surface area contributed by atoms with Crippen molar-refractivity contribution >= 4 is 28.8 Å². The van der Waals surface area contributed by atoms with Crippen molar-refractivity contribution in [1.82, 2.24) is 0 Å². The maximum Gasteiger partial charge on any atom is 0.367 e. The number of hydrogen-bond donors (Lipinski definition) is 0. The first kappa shape index (κ1) is 21.2. The summed E-state index contributed by atoms with van der Waals surface area (Å²) >= 11 is 2.91. The van der Waals surface area contributed by atoms with Crippen molar-refractivity contribution in [2.45, 2.75) is 76.0 Å². The highest BCUT2D eigenvalue weighted by Gasteiger charge is 2.69. The number of carbonyl (C=O) groups excluding carboxylic acids is 1. The van der Waals surface area contributed by atoms with E-state index in [2.05, 4.69) is 13.8 Å². The van der Waals surface area contributed by atoms with Gasteiger partial charge in [-0.2, -0.15) is 0 Å². The van der Waals surface area contributed by atoms with Gasteiger partial charge in [0, 0.05) is 12.3 Å². The van der Waals surface area contributed by atoms with E-state index >= 15 is 0 Å². The van der Waals surface area contributed by atoms with Crippen molar-refractivity contribution in [3.63, 3.8) is 0 Å². The third-order valence-electron chi connectivity index (χ3n) is 7.05. The molecular formula is C20H32O6S2. The Bertz CT molecular complexity index is 591. The van der Waals surface area contributed by atoms with Gasteiger partial charge in [-0.1, -0.05) is 13.8 Å². The molecule has 0 aromatic heterocycles. The molecule has 4 aliphatic heterocycles. The first-order chi connectivity index (χ1) is 13.4. The molecule has 8 atom stereocenters. The maximum absolute atomic E-state index is 11.2. The van der Waals surface area contributed by atoms with Gasteiger partial charge in [-0.05, 0) is 74.1 Å². The molecule has 0 aromatic carbocycles. The van der Waals surface area contributed by atoms with E-state index in [1.807, 2.05) is 6.92 Å². The van der Waals surface area contributed by atoms with Crippen LogP contribution in [0.1, 0.15) is 52.9 Å². The number of fused-ring (bicyclic) bond motifs is 2. The van der Waals surface area contributed by atoms with Gasteiger partial charge >= 0.3 is 5.30 Å². The standard InChI is InChI=1S/C20H32O6S2/c1-12-6-7-15-13(2)16(28-11-5-10-22-18(21)27-4)23-17-20(15)14(12)8-9-19(3,24-17)25-26-20/h12-17H,5-11H2,1-4H3/t12-,13-,14+,15+,16+,17-,19?,20-/m1/s1. The molecule has 5 rings (SSSR count). The van der Waals surface area contributed by atoms with E-state index in [1.165, 1.54) is 6.42 Å². The SMILES string of the molecule is CSC(=O)OCCCS[C@@H]1O[C@@H]2OC3(C)CC[C@H]4[C@H](C)CC[C@@H]([C@H]1C)[C@@]24OO3. The Morgan fingerprint density at radius 2 is 2.00 bits per heavy atom. The van der Waals surface area contributed by atoms with Crippen LogP contribution in [-0.2, 0) is 24.0 Å². The molecule has 28 heavy (non-hydrogen) atoms. The smallest absolute Gasteiger partial charge is 0.367 e. The highest BCUT2D eigenvalue weighted by Crippen LogP contribution is 2.61. The van der Waals surface area contributed by atoms with Crippen LogP contribution in [0.4, 0.5) is 4.79 Å². The van der Waals surface area contributed by atoms with Gasteiger partial charge in [0.1, 0.15) is 5.44 Å². The highest BCUT2D eigenvalue weighted by atomic mass is 32.2. The summed E-state index contributed by atoms with van der Waals surface area (Å²) in [7, 11) is 0. The lowest BCUT2D eigenvalue weighted by atomic mass is 9.58. The predicted molar refractivity (Wildman–Crippen MR) is 109 cm³/mol. The molecule has 0 N–H and O–H groups in total. The Labute approximate surface area is 176 Å². The second kappa shape index (κ2) is 8.27. The van der Waals surface area contributed by atoms with Crippen molar-refractivity contribution in [3.05, 3.63) is 0 Å². The third-order valence-corrected chi connectivity index (χ3v) is 8.90. The molecule has 1 spiro atoms. The second-order valence-electron chi connectivity index (χ2n) is 8.80. The van der Waals surface area contributed by atoms with Gasteiger partial charge in [0.25, 0.3) is 0 Å². The van der Waals surface area contributed by atoms with Crippen molar-refractivity contribution in [2.24, 2.45) is 23.7 Å². The molecule has 0 amide bonds. The van der Waals surface area contributed by atoms with Crippen LogP contribution in [0.2, 0.25) is 0 Å². The second-order valence-corrected chi connectivity index (χ2v) is 10.7. The molecule has 5 aliphatic rings. The molecule has 8 heteroatoms. The summed E-state index contributed by atoms with van der Waals surface area (Å²) in [4.78, 5) is 23.3.